The molecule has 0 amide bonds. The fourth-order valence-corrected chi connectivity index (χ4v) is 1.74. The zero-order valence-corrected chi connectivity index (χ0v) is 9.60. The van der Waals surface area contributed by atoms with Crippen molar-refractivity contribution in [3.8, 4) is 0 Å². The lowest BCUT2D eigenvalue weighted by Crippen LogP contribution is -2.04. The highest BCUT2D eigenvalue weighted by Gasteiger charge is 2.15. The summed E-state index contributed by atoms with van der Waals surface area (Å²) in [5.74, 6) is 0.0553. The number of hydrogen-bond acceptors (Lipinski definition) is 1. The van der Waals surface area contributed by atoms with Crippen LogP contribution in [0.3, 0.4) is 0 Å². The molecular formula is C10H10BrClO. The molecule has 0 N–H and O–H groups in total. The Kier molecular flexibility index (Phi) is 3.94. The fourth-order valence-electron chi connectivity index (χ4n) is 1.03. The average Bonchev–Trinajstić information content (AvgIpc) is 2.15. The molecule has 0 aromatic heterocycles. The van der Waals surface area contributed by atoms with Gasteiger partial charge in [0.1, 0.15) is 5.38 Å². The first kappa shape index (κ1) is 10.7. The number of rotatable bonds is 3. The molecule has 0 aliphatic heterocycles. The summed E-state index contributed by atoms with van der Waals surface area (Å²) in [5, 5.41) is -0.512. The van der Waals surface area contributed by atoms with Gasteiger partial charge in [0.25, 0.3) is 0 Å². The van der Waals surface area contributed by atoms with Gasteiger partial charge in [-0.05, 0) is 17.7 Å². The molecule has 13 heavy (non-hydrogen) atoms. The summed E-state index contributed by atoms with van der Waals surface area (Å²) in [4.78, 5) is 11.3. The monoisotopic (exact) mass is 260 g/mol. The molecule has 1 unspecified atom stereocenters. The highest BCUT2D eigenvalue weighted by atomic mass is 79.9. The van der Waals surface area contributed by atoms with Crippen molar-refractivity contribution in [3.05, 3.63) is 34.3 Å². The molecule has 1 atom stereocenters. The van der Waals surface area contributed by atoms with Crippen molar-refractivity contribution in [2.24, 2.45) is 0 Å². The molecule has 0 heterocycles. The molecule has 3 heteroatoms. The molecule has 70 valence electrons. The molecule has 0 bridgehead atoms. The molecule has 0 saturated carbocycles. The number of alkyl halides is 1. The van der Waals surface area contributed by atoms with Gasteiger partial charge in [0, 0.05) is 10.9 Å². The molecule has 1 aromatic carbocycles. The first-order chi connectivity index (χ1) is 6.15. The third-order valence-electron chi connectivity index (χ3n) is 1.77. The third kappa shape index (κ3) is 2.82. The molecule has 1 rings (SSSR count). The SMILES string of the molecule is CCC(=O)C(Cl)c1cccc(Br)c1. The smallest absolute Gasteiger partial charge is 0.154 e. The highest BCUT2D eigenvalue weighted by molar-refractivity contribution is 9.10. The van der Waals surface area contributed by atoms with Gasteiger partial charge in [0.15, 0.2) is 5.78 Å². The number of benzene rings is 1. The molecule has 1 aromatic rings. The van der Waals surface area contributed by atoms with Crippen molar-refractivity contribution in [1.29, 1.82) is 0 Å². The van der Waals surface area contributed by atoms with Gasteiger partial charge in [-0.1, -0.05) is 35.0 Å². The maximum Gasteiger partial charge on any atom is 0.154 e. The molecule has 0 radical (unpaired) electrons. The topological polar surface area (TPSA) is 17.1 Å². The van der Waals surface area contributed by atoms with Crippen LogP contribution < -0.4 is 0 Å². The van der Waals surface area contributed by atoms with Gasteiger partial charge in [-0.3, -0.25) is 4.79 Å². The van der Waals surface area contributed by atoms with E-state index < -0.39 is 5.38 Å². The van der Waals surface area contributed by atoms with E-state index in [1.165, 1.54) is 0 Å². The number of carbonyl (C=O) groups excluding carboxylic acids is 1. The maximum atomic E-state index is 11.3. The average molecular weight is 262 g/mol. The van der Waals surface area contributed by atoms with E-state index in [-0.39, 0.29) is 5.78 Å². The van der Waals surface area contributed by atoms with Crippen molar-refractivity contribution in [2.45, 2.75) is 18.7 Å². The molecule has 0 fully saturated rings. The number of hydrogen-bond donors (Lipinski definition) is 0. The fraction of sp³-hybridized carbons (Fsp3) is 0.300. The Labute approximate surface area is 91.2 Å². The van der Waals surface area contributed by atoms with Crippen molar-refractivity contribution < 1.29 is 4.79 Å². The van der Waals surface area contributed by atoms with Crippen LogP contribution >= 0.6 is 27.5 Å². The van der Waals surface area contributed by atoms with E-state index in [0.717, 1.165) is 10.0 Å². The molecule has 0 aliphatic rings. The summed E-state index contributed by atoms with van der Waals surface area (Å²) >= 11 is 9.29. The van der Waals surface area contributed by atoms with Gasteiger partial charge in [-0.25, -0.2) is 0 Å². The first-order valence-electron chi connectivity index (χ1n) is 4.07. The number of ketones is 1. The lowest BCUT2D eigenvalue weighted by Gasteiger charge is -2.07. The van der Waals surface area contributed by atoms with Crippen LogP contribution in [0.15, 0.2) is 28.7 Å². The largest absolute Gasteiger partial charge is 0.298 e. The predicted molar refractivity (Wildman–Crippen MR) is 58.0 cm³/mol. The summed E-state index contributed by atoms with van der Waals surface area (Å²) in [5.41, 5.74) is 0.850. The van der Waals surface area contributed by atoms with Gasteiger partial charge in [0.2, 0.25) is 0 Å². The van der Waals surface area contributed by atoms with E-state index in [9.17, 15) is 4.79 Å². The standard InChI is InChI=1S/C10H10BrClO/c1-2-9(13)10(12)7-4-3-5-8(11)6-7/h3-6,10H,2H2,1H3. The van der Waals surface area contributed by atoms with Gasteiger partial charge >= 0.3 is 0 Å². The minimum Gasteiger partial charge on any atom is -0.298 e. The summed E-state index contributed by atoms with van der Waals surface area (Å²) in [6, 6.07) is 7.50. The molecule has 0 saturated heterocycles. The third-order valence-corrected chi connectivity index (χ3v) is 2.76. The molecular weight excluding hydrogens is 251 g/mol. The van der Waals surface area contributed by atoms with Crippen LogP contribution in [-0.4, -0.2) is 5.78 Å². The predicted octanol–water partition coefficient (Wildman–Crippen LogP) is 3.71. The van der Waals surface area contributed by atoms with E-state index >= 15 is 0 Å². The zero-order valence-electron chi connectivity index (χ0n) is 7.26. The summed E-state index contributed by atoms with van der Waals surface area (Å²) < 4.78 is 0.944. The highest BCUT2D eigenvalue weighted by Crippen LogP contribution is 2.25. The van der Waals surface area contributed by atoms with Crippen LogP contribution in [0.1, 0.15) is 24.3 Å². The number of Topliss-reactive ketones (excluding diaryl/α,β-unsaturated/α-hetero) is 1. The van der Waals surface area contributed by atoms with Gasteiger partial charge < -0.3 is 0 Å². The molecule has 0 spiro atoms. The first-order valence-corrected chi connectivity index (χ1v) is 5.30. The number of halogens is 2. The summed E-state index contributed by atoms with van der Waals surface area (Å²) in [6.07, 6.45) is 0.473. The lowest BCUT2D eigenvalue weighted by atomic mass is 10.1. The van der Waals surface area contributed by atoms with Crippen molar-refractivity contribution in [2.75, 3.05) is 0 Å². The van der Waals surface area contributed by atoms with E-state index in [2.05, 4.69) is 15.9 Å². The molecule has 1 nitrogen and oxygen atoms in total. The van der Waals surface area contributed by atoms with Crippen molar-refractivity contribution in [3.63, 3.8) is 0 Å². The van der Waals surface area contributed by atoms with Crippen LogP contribution in [0.2, 0.25) is 0 Å². The lowest BCUT2D eigenvalue weighted by molar-refractivity contribution is -0.118. The Morgan fingerprint density at radius 3 is 2.85 bits per heavy atom. The second kappa shape index (κ2) is 4.77. The van der Waals surface area contributed by atoms with E-state index in [4.69, 9.17) is 11.6 Å². The maximum absolute atomic E-state index is 11.3. The summed E-state index contributed by atoms with van der Waals surface area (Å²) in [7, 11) is 0. The van der Waals surface area contributed by atoms with Crippen LogP contribution in [0.5, 0.6) is 0 Å². The zero-order chi connectivity index (χ0) is 9.84. The van der Waals surface area contributed by atoms with Gasteiger partial charge in [0.05, 0.1) is 0 Å². The van der Waals surface area contributed by atoms with E-state index in [1.54, 1.807) is 0 Å². The van der Waals surface area contributed by atoms with Crippen LogP contribution in [0.25, 0.3) is 0 Å². The Balaban J connectivity index is 2.88. The van der Waals surface area contributed by atoms with Crippen molar-refractivity contribution in [1.82, 2.24) is 0 Å². The quantitative estimate of drug-likeness (QED) is 0.758. The van der Waals surface area contributed by atoms with E-state index in [0.29, 0.717) is 6.42 Å². The van der Waals surface area contributed by atoms with Crippen LogP contribution in [-0.2, 0) is 4.79 Å². The second-order valence-corrected chi connectivity index (χ2v) is 4.09. The Hall–Kier alpha value is -0.340. The van der Waals surface area contributed by atoms with Crippen LogP contribution in [0.4, 0.5) is 0 Å². The minimum atomic E-state index is -0.512. The Morgan fingerprint density at radius 2 is 2.31 bits per heavy atom. The number of carbonyl (C=O) groups is 1. The van der Waals surface area contributed by atoms with Gasteiger partial charge in [-0.15, -0.1) is 11.6 Å². The normalized spacial score (nSPS) is 12.5. The second-order valence-electron chi connectivity index (χ2n) is 2.74. The molecule has 0 aliphatic carbocycles. The minimum absolute atomic E-state index is 0.0553. The van der Waals surface area contributed by atoms with E-state index in [1.807, 2.05) is 31.2 Å². The van der Waals surface area contributed by atoms with Crippen LogP contribution in [0, 0.1) is 0 Å². The van der Waals surface area contributed by atoms with Crippen molar-refractivity contribution >= 4 is 33.3 Å². The summed E-state index contributed by atoms with van der Waals surface area (Å²) in [6.45, 7) is 1.82. The Bertz CT molecular complexity index is 312. The Morgan fingerprint density at radius 1 is 1.62 bits per heavy atom. The van der Waals surface area contributed by atoms with Gasteiger partial charge in [-0.2, -0.15) is 0 Å².